The highest BCUT2D eigenvalue weighted by Crippen LogP contribution is 2.29. The van der Waals surface area contributed by atoms with E-state index in [4.69, 9.17) is 16.3 Å². The van der Waals surface area contributed by atoms with Gasteiger partial charge in [0.25, 0.3) is 5.56 Å². The summed E-state index contributed by atoms with van der Waals surface area (Å²) in [4.78, 5) is 31.5. The summed E-state index contributed by atoms with van der Waals surface area (Å²) in [6.45, 7) is 3.85. The van der Waals surface area contributed by atoms with Crippen LogP contribution in [0.5, 0.6) is 5.75 Å². The molecule has 0 spiro atoms. The highest BCUT2D eigenvalue weighted by molar-refractivity contribution is 8.00. The minimum absolute atomic E-state index is 0.219. The van der Waals surface area contributed by atoms with E-state index in [2.05, 4.69) is 22.2 Å². The van der Waals surface area contributed by atoms with Crippen LogP contribution in [0.3, 0.4) is 0 Å². The molecule has 6 nitrogen and oxygen atoms in total. The van der Waals surface area contributed by atoms with E-state index in [0.29, 0.717) is 33.1 Å². The van der Waals surface area contributed by atoms with Gasteiger partial charge < -0.3 is 15.0 Å². The fourth-order valence-electron chi connectivity index (χ4n) is 2.17. The third-order valence-electron chi connectivity index (χ3n) is 3.45. The molecule has 2 aromatic rings. The van der Waals surface area contributed by atoms with Crippen LogP contribution in [-0.2, 0) is 10.5 Å². The number of aromatic amines is 1. The number of hydrogen-bond donors (Lipinski definition) is 2. The van der Waals surface area contributed by atoms with Crippen molar-refractivity contribution in [3.05, 3.63) is 45.3 Å². The molecule has 0 aliphatic rings. The molecule has 1 heterocycles. The fraction of sp³-hybridized carbons (Fsp3) is 0.389. The SMILES string of the molecule is CCCSCc1cc(=O)[nH]c(SC(C)C(=O)Nc2cc(Cl)ccc2OC)n1. The molecule has 27 heavy (non-hydrogen) atoms. The summed E-state index contributed by atoms with van der Waals surface area (Å²) in [5.41, 5.74) is 0.987. The van der Waals surface area contributed by atoms with Crippen LogP contribution in [0.2, 0.25) is 5.02 Å². The maximum Gasteiger partial charge on any atom is 0.251 e. The number of carbonyl (C=O) groups is 1. The molecule has 2 N–H and O–H groups in total. The number of carbonyl (C=O) groups excluding carboxylic acids is 1. The minimum atomic E-state index is -0.476. The Morgan fingerprint density at radius 2 is 2.19 bits per heavy atom. The monoisotopic (exact) mass is 427 g/mol. The Labute approximate surface area is 171 Å². The Hall–Kier alpha value is -1.64. The molecular formula is C18H22ClN3O3S2. The summed E-state index contributed by atoms with van der Waals surface area (Å²) >= 11 is 8.91. The molecule has 0 saturated carbocycles. The Morgan fingerprint density at radius 1 is 1.41 bits per heavy atom. The number of nitrogens with one attached hydrogen (secondary N) is 2. The summed E-state index contributed by atoms with van der Waals surface area (Å²) in [6.07, 6.45) is 1.07. The van der Waals surface area contributed by atoms with Crippen molar-refractivity contribution in [1.29, 1.82) is 0 Å². The maximum absolute atomic E-state index is 12.5. The summed E-state index contributed by atoms with van der Waals surface area (Å²) in [5, 5.41) is 3.25. The first-order valence-corrected chi connectivity index (χ1v) is 10.8. The summed E-state index contributed by atoms with van der Waals surface area (Å²) < 4.78 is 5.24. The van der Waals surface area contributed by atoms with E-state index in [1.54, 1.807) is 36.9 Å². The molecule has 0 fully saturated rings. The minimum Gasteiger partial charge on any atom is -0.495 e. The standard InChI is InChI=1S/C18H22ClN3O3S2/c1-4-7-26-10-13-9-16(23)22-18(20-13)27-11(2)17(24)21-14-8-12(19)5-6-15(14)25-3/h5-6,8-9,11H,4,7,10H2,1-3H3,(H,21,24)(H,20,22,23). The van der Waals surface area contributed by atoms with Crippen molar-refractivity contribution in [1.82, 2.24) is 9.97 Å². The van der Waals surface area contributed by atoms with E-state index in [-0.39, 0.29) is 11.5 Å². The molecule has 1 aromatic heterocycles. The van der Waals surface area contributed by atoms with Gasteiger partial charge in [0.05, 0.1) is 23.7 Å². The van der Waals surface area contributed by atoms with E-state index in [1.807, 2.05) is 0 Å². The van der Waals surface area contributed by atoms with Crippen LogP contribution in [0.1, 0.15) is 26.0 Å². The Morgan fingerprint density at radius 3 is 2.89 bits per heavy atom. The summed E-state index contributed by atoms with van der Waals surface area (Å²) in [5.74, 6) is 1.96. The largest absolute Gasteiger partial charge is 0.495 e. The number of benzene rings is 1. The molecular weight excluding hydrogens is 406 g/mol. The van der Waals surface area contributed by atoms with Gasteiger partial charge in [-0.2, -0.15) is 11.8 Å². The summed E-state index contributed by atoms with van der Waals surface area (Å²) in [7, 11) is 1.52. The molecule has 0 radical (unpaired) electrons. The molecule has 1 aromatic carbocycles. The molecule has 146 valence electrons. The lowest BCUT2D eigenvalue weighted by Gasteiger charge is -2.14. The zero-order chi connectivity index (χ0) is 19.8. The highest BCUT2D eigenvalue weighted by atomic mass is 35.5. The van der Waals surface area contributed by atoms with Crippen molar-refractivity contribution in [2.24, 2.45) is 0 Å². The number of nitrogens with zero attached hydrogens (tertiary/aromatic N) is 1. The van der Waals surface area contributed by atoms with Crippen LogP contribution in [0.25, 0.3) is 0 Å². The fourth-order valence-corrected chi connectivity index (χ4v) is 3.96. The van der Waals surface area contributed by atoms with Gasteiger partial charge in [0.1, 0.15) is 5.75 Å². The van der Waals surface area contributed by atoms with Crippen molar-refractivity contribution in [3.63, 3.8) is 0 Å². The Kier molecular flexibility index (Phi) is 8.53. The lowest BCUT2D eigenvalue weighted by molar-refractivity contribution is -0.115. The second kappa shape index (κ2) is 10.6. The van der Waals surface area contributed by atoms with Gasteiger partial charge in [0.2, 0.25) is 5.91 Å². The number of amides is 1. The first-order valence-electron chi connectivity index (χ1n) is 8.42. The molecule has 9 heteroatoms. The van der Waals surface area contributed by atoms with Crippen LogP contribution >= 0.6 is 35.1 Å². The van der Waals surface area contributed by atoms with Gasteiger partial charge in [-0.15, -0.1) is 0 Å². The lowest BCUT2D eigenvalue weighted by Crippen LogP contribution is -2.23. The molecule has 0 saturated heterocycles. The van der Waals surface area contributed by atoms with Gasteiger partial charge >= 0.3 is 0 Å². The topological polar surface area (TPSA) is 84.1 Å². The number of H-pyrrole nitrogens is 1. The van der Waals surface area contributed by atoms with Gasteiger partial charge in [-0.05, 0) is 37.3 Å². The number of rotatable bonds is 9. The average molecular weight is 428 g/mol. The molecule has 1 unspecified atom stereocenters. The predicted molar refractivity (Wildman–Crippen MR) is 113 cm³/mol. The maximum atomic E-state index is 12.5. The lowest BCUT2D eigenvalue weighted by atomic mass is 10.3. The average Bonchev–Trinajstić information content (AvgIpc) is 2.61. The van der Waals surface area contributed by atoms with E-state index >= 15 is 0 Å². The van der Waals surface area contributed by atoms with Gasteiger partial charge in [-0.25, -0.2) is 4.98 Å². The molecule has 1 atom stereocenters. The van der Waals surface area contributed by atoms with Crippen molar-refractivity contribution in [2.75, 3.05) is 18.2 Å². The van der Waals surface area contributed by atoms with E-state index in [9.17, 15) is 9.59 Å². The quantitative estimate of drug-likeness (QED) is 0.354. The van der Waals surface area contributed by atoms with Crippen molar-refractivity contribution >= 4 is 46.7 Å². The van der Waals surface area contributed by atoms with Crippen LogP contribution in [0, 0.1) is 0 Å². The summed E-state index contributed by atoms with van der Waals surface area (Å²) in [6, 6.07) is 6.49. The molecule has 1 amide bonds. The third-order valence-corrected chi connectivity index (χ3v) is 5.86. The normalized spacial score (nSPS) is 11.9. The zero-order valence-electron chi connectivity index (χ0n) is 15.4. The molecule has 0 aliphatic heterocycles. The molecule has 2 rings (SSSR count). The van der Waals surface area contributed by atoms with Gasteiger partial charge in [0, 0.05) is 16.8 Å². The number of aromatic nitrogens is 2. The van der Waals surface area contributed by atoms with Crippen LogP contribution in [0.4, 0.5) is 5.69 Å². The number of hydrogen-bond acceptors (Lipinski definition) is 6. The number of methoxy groups -OCH3 is 1. The van der Waals surface area contributed by atoms with Gasteiger partial charge in [-0.1, -0.05) is 30.3 Å². The number of ether oxygens (including phenoxy) is 1. The van der Waals surface area contributed by atoms with Crippen LogP contribution < -0.4 is 15.6 Å². The predicted octanol–water partition coefficient (Wildman–Crippen LogP) is 4.19. The van der Waals surface area contributed by atoms with E-state index < -0.39 is 5.25 Å². The van der Waals surface area contributed by atoms with Crippen molar-refractivity contribution in [2.45, 2.75) is 36.4 Å². The molecule has 0 bridgehead atoms. The van der Waals surface area contributed by atoms with Crippen LogP contribution in [0.15, 0.2) is 34.2 Å². The smallest absolute Gasteiger partial charge is 0.251 e. The number of anilines is 1. The second-order valence-corrected chi connectivity index (χ2v) is 8.56. The Bertz CT molecular complexity index is 845. The van der Waals surface area contributed by atoms with E-state index in [1.165, 1.54) is 24.9 Å². The van der Waals surface area contributed by atoms with Crippen molar-refractivity contribution < 1.29 is 9.53 Å². The zero-order valence-corrected chi connectivity index (χ0v) is 17.8. The Balaban J connectivity index is 2.06. The van der Waals surface area contributed by atoms with Crippen LogP contribution in [-0.4, -0.2) is 34.0 Å². The number of halogens is 1. The van der Waals surface area contributed by atoms with Crippen molar-refractivity contribution in [3.8, 4) is 5.75 Å². The first kappa shape index (κ1) is 21.7. The molecule has 0 aliphatic carbocycles. The second-order valence-electron chi connectivity index (χ2n) is 5.69. The highest BCUT2D eigenvalue weighted by Gasteiger charge is 2.18. The first-order chi connectivity index (χ1) is 12.9. The third kappa shape index (κ3) is 6.79. The van der Waals surface area contributed by atoms with Gasteiger partial charge in [0.15, 0.2) is 5.16 Å². The number of thioether (sulfide) groups is 2. The van der Waals surface area contributed by atoms with Gasteiger partial charge in [-0.3, -0.25) is 9.59 Å². The van der Waals surface area contributed by atoms with E-state index in [0.717, 1.165) is 12.2 Å².